The first-order chi connectivity index (χ1) is 8.98. The van der Waals surface area contributed by atoms with Gasteiger partial charge in [0.1, 0.15) is 11.5 Å². The predicted molar refractivity (Wildman–Crippen MR) is 62.1 cm³/mol. The van der Waals surface area contributed by atoms with E-state index in [1.54, 1.807) is 0 Å². The summed E-state index contributed by atoms with van der Waals surface area (Å²) in [6.45, 7) is 0.694. The van der Waals surface area contributed by atoms with E-state index in [0.29, 0.717) is 24.5 Å². The van der Waals surface area contributed by atoms with Crippen molar-refractivity contribution in [2.24, 2.45) is 0 Å². The van der Waals surface area contributed by atoms with Gasteiger partial charge >= 0.3 is 6.18 Å². The number of alkyl halides is 3. The van der Waals surface area contributed by atoms with E-state index in [2.05, 4.69) is 4.98 Å². The zero-order valence-electron chi connectivity index (χ0n) is 10.5. The van der Waals surface area contributed by atoms with E-state index in [1.165, 1.54) is 0 Å². The first kappa shape index (κ1) is 12.7. The predicted octanol–water partition coefficient (Wildman–Crippen LogP) is 3.23. The van der Waals surface area contributed by atoms with Crippen LogP contribution in [0, 0.1) is 0 Å². The Balaban J connectivity index is 2.04. The maximum Gasteiger partial charge on any atom is 0.456 e. The summed E-state index contributed by atoms with van der Waals surface area (Å²) in [5, 5.41) is 0. The molecule has 6 heteroatoms. The minimum atomic E-state index is -4.83. The zero-order valence-corrected chi connectivity index (χ0v) is 10.5. The van der Waals surface area contributed by atoms with Gasteiger partial charge in [-0.2, -0.15) is 13.2 Å². The van der Waals surface area contributed by atoms with E-state index in [1.807, 2.05) is 4.57 Å². The molecular formula is C13H15F3N2O. The number of imidazole rings is 1. The van der Waals surface area contributed by atoms with Crippen LogP contribution in [0.25, 0.3) is 0 Å². The van der Waals surface area contributed by atoms with Crippen LogP contribution in [0.5, 0.6) is 0 Å². The van der Waals surface area contributed by atoms with Crippen LogP contribution < -0.4 is 0 Å². The molecule has 0 atom stereocenters. The number of carbonyl (C=O) groups excluding carboxylic acids is 1. The molecule has 0 saturated heterocycles. The summed E-state index contributed by atoms with van der Waals surface area (Å²) in [4.78, 5) is 15.6. The lowest BCUT2D eigenvalue weighted by Gasteiger charge is -2.27. The van der Waals surface area contributed by atoms with Crippen LogP contribution >= 0.6 is 0 Å². The molecule has 1 aliphatic carbocycles. The average Bonchev–Trinajstić information content (AvgIpc) is 2.65. The number of nitrogens with zero attached hydrogens (tertiary/aromatic N) is 2. The number of rotatable bonds is 2. The number of ketones is 1. The number of aromatic nitrogens is 2. The lowest BCUT2D eigenvalue weighted by Crippen LogP contribution is -2.25. The molecule has 1 aliphatic heterocycles. The molecule has 3 nitrogen and oxygen atoms in total. The van der Waals surface area contributed by atoms with E-state index >= 15 is 0 Å². The summed E-state index contributed by atoms with van der Waals surface area (Å²) >= 11 is 0. The molecule has 2 heterocycles. The molecule has 104 valence electrons. The number of halogens is 3. The maximum atomic E-state index is 12.6. The second-order valence-electron chi connectivity index (χ2n) is 5.33. The molecule has 19 heavy (non-hydrogen) atoms. The van der Waals surface area contributed by atoms with Crippen molar-refractivity contribution < 1.29 is 18.0 Å². The maximum absolute atomic E-state index is 12.6. The van der Waals surface area contributed by atoms with Crippen molar-refractivity contribution >= 4 is 5.78 Å². The lowest BCUT2D eigenvalue weighted by molar-refractivity contribution is -0.0888. The number of fused-ring (bicyclic) bond motifs is 1. The van der Waals surface area contributed by atoms with Crippen LogP contribution in [0.1, 0.15) is 60.0 Å². The number of Topliss-reactive ketones (excluding diaryl/α,β-unsaturated/α-hetero) is 1. The van der Waals surface area contributed by atoms with Crippen molar-refractivity contribution in [2.75, 3.05) is 0 Å². The quantitative estimate of drug-likeness (QED) is 0.775. The van der Waals surface area contributed by atoms with Crippen molar-refractivity contribution in [1.29, 1.82) is 0 Å². The Morgan fingerprint density at radius 3 is 2.53 bits per heavy atom. The van der Waals surface area contributed by atoms with Crippen LogP contribution in [0.3, 0.4) is 0 Å². The molecule has 0 spiro atoms. The van der Waals surface area contributed by atoms with Gasteiger partial charge in [-0.1, -0.05) is 6.42 Å². The molecule has 0 unspecified atom stereocenters. The molecule has 0 bridgehead atoms. The highest BCUT2D eigenvalue weighted by Gasteiger charge is 2.43. The Hall–Kier alpha value is -1.33. The molecule has 2 aliphatic rings. The zero-order chi connectivity index (χ0) is 13.6. The third-order valence-electron chi connectivity index (χ3n) is 4.09. The number of hydrogen-bond donors (Lipinski definition) is 0. The van der Waals surface area contributed by atoms with E-state index in [0.717, 1.165) is 32.1 Å². The standard InChI is InChI=1S/C13H15F3N2O/c14-13(15,16)11(19)10-9-6-1-2-7-18(9)12(17-10)8-4-3-5-8/h8H,1-7H2. The van der Waals surface area contributed by atoms with Gasteiger partial charge in [-0.15, -0.1) is 0 Å². The largest absolute Gasteiger partial charge is 0.456 e. The molecule has 0 amide bonds. The topological polar surface area (TPSA) is 34.9 Å². The molecule has 3 rings (SSSR count). The van der Waals surface area contributed by atoms with Gasteiger partial charge < -0.3 is 4.57 Å². The fraction of sp³-hybridized carbons (Fsp3) is 0.692. The number of hydrogen-bond acceptors (Lipinski definition) is 2. The van der Waals surface area contributed by atoms with Crippen LogP contribution in [0.4, 0.5) is 13.2 Å². The molecule has 1 aromatic rings. The minimum Gasteiger partial charge on any atom is -0.331 e. The monoisotopic (exact) mass is 272 g/mol. The molecular weight excluding hydrogens is 257 g/mol. The van der Waals surface area contributed by atoms with Crippen molar-refractivity contribution in [1.82, 2.24) is 9.55 Å². The van der Waals surface area contributed by atoms with Gasteiger partial charge in [-0.25, -0.2) is 4.98 Å². The molecule has 0 N–H and O–H groups in total. The molecule has 0 aromatic carbocycles. The minimum absolute atomic E-state index is 0.242. The normalized spacial score (nSPS) is 19.9. The summed E-state index contributed by atoms with van der Waals surface area (Å²) < 4.78 is 39.7. The third kappa shape index (κ3) is 2.07. The SMILES string of the molecule is O=C(c1nc(C2CCC2)n2c1CCCC2)C(F)(F)F. The summed E-state index contributed by atoms with van der Waals surface area (Å²) in [6, 6.07) is 0. The highest BCUT2D eigenvalue weighted by molar-refractivity contribution is 5.99. The Morgan fingerprint density at radius 2 is 1.95 bits per heavy atom. The smallest absolute Gasteiger partial charge is 0.331 e. The van der Waals surface area contributed by atoms with Gasteiger partial charge in [0.2, 0.25) is 0 Å². The Bertz CT molecular complexity index is 515. The second-order valence-corrected chi connectivity index (χ2v) is 5.33. The first-order valence-corrected chi connectivity index (χ1v) is 6.69. The molecule has 1 aromatic heterocycles. The summed E-state index contributed by atoms with van der Waals surface area (Å²) in [5.74, 6) is -0.844. The Labute approximate surface area is 108 Å². The fourth-order valence-electron chi connectivity index (χ4n) is 2.86. The first-order valence-electron chi connectivity index (χ1n) is 6.69. The molecule has 0 radical (unpaired) electrons. The van der Waals surface area contributed by atoms with Crippen LogP contribution in [0.2, 0.25) is 0 Å². The van der Waals surface area contributed by atoms with Gasteiger partial charge in [0.15, 0.2) is 0 Å². The van der Waals surface area contributed by atoms with Crippen molar-refractivity contribution in [2.45, 2.75) is 57.2 Å². The Morgan fingerprint density at radius 1 is 1.21 bits per heavy atom. The van der Waals surface area contributed by atoms with Gasteiger partial charge in [-0.3, -0.25) is 4.79 Å². The second kappa shape index (κ2) is 4.35. The molecule has 1 saturated carbocycles. The lowest BCUT2D eigenvalue weighted by atomic mass is 9.84. The summed E-state index contributed by atoms with van der Waals surface area (Å²) in [6.07, 6.45) is 0.499. The highest BCUT2D eigenvalue weighted by Crippen LogP contribution is 2.38. The van der Waals surface area contributed by atoms with Crippen LogP contribution in [0.15, 0.2) is 0 Å². The van der Waals surface area contributed by atoms with E-state index < -0.39 is 12.0 Å². The van der Waals surface area contributed by atoms with E-state index in [4.69, 9.17) is 0 Å². The van der Waals surface area contributed by atoms with E-state index in [-0.39, 0.29) is 11.6 Å². The fourth-order valence-corrected chi connectivity index (χ4v) is 2.86. The molecule has 1 fully saturated rings. The van der Waals surface area contributed by atoms with Crippen molar-refractivity contribution in [3.05, 3.63) is 17.2 Å². The van der Waals surface area contributed by atoms with Gasteiger partial charge in [-0.05, 0) is 32.1 Å². The van der Waals surface area contributed by atoms with Gasteiger partial charge in [0, 0.05) is 18.2 Å². The highest BCUT2D eigenvalue weighted by atomic mass is 19.4. The van der Waals surface area contributed by atoms with Gasteiger partial charge in [0.25, 0.3) is 5.78 Å². The van der Waals surface area contributed by atoms with Crippen LogP contribution in [-0.4, -0.2) is 21.5 Å². The van der Waals surface area contributed by atoms with Crippen LogP contribution in [-0.2, 0) is 13.0 Å². The third-order valence-corrected chi connectivity index (χ3v) is 4.09. The number of carbonyl (C=O) groups is 1. The van der Waals surface area contributed by atoms with Crippen molar-refractivity contribution in [3.63, 3.8) is 0 Å². The van der Waals surface area contributed by atoms with Gasteiger partial charge in [0.05, 0.1) is 0 Å². The van der Waals surface area contributed by atoms with Crippen molar-refractivity contribution in [3.8, 4) is 0 Å². The summed E-state index contributed by atoms with van der Waals surface area (Å²) in [7, 11) is 0. The van der Waals surface area contributed by atoms with E-state index in [9.17, 15) is 18.0 Å². The summed E-state index contributed by atoms with van der Waals surface area (Å²) in [5.41, 5.74) is 0.143. The average molecular weight is 272 g/mol. The Kier molecular flexibility index (Phi) is 2.91.